The molecule has 0 unspecified atom stereocenters. The molecular formula is C11H15BrO2. The molecule has 0 heterocycles. The molecule has 3 heteroatoms. The summed E-state index contributed by atoms with van der Waals surface area (Å²) in [7, 11) is 0. The van der Waals surface area contributed by atoms with Gasteiger partial charge >= 0.3 is 5.97 Å². The van der Waals surface area contributed by atoms with Crippen LogP contribution in [0.2, 0.25) is 0 Å². The second kappa shape index (κ2) is 5.15. The third-order valence-electron chi connectivity index (χ3n) is 1.20. The van der Waals surface area contributed by atoms with Crippen LogP contribution < -0.4 is 0 Å². The van der Waals surface area contributed by atoms with Crippen molar-refractivity contribution in [3.8, 4) is 0 Å². The maximum Gasteiger partial charge on any atom is 0.339 e. The molecule has 2 nitrogen and oxygen atoms in total. The van der Waals surface area contributed by atoms with Gasteiger partial charge in [0.2, 0.25) is 0 Å². The maximum atomic E-state index is 11.6. The molecule has 78 valence electrons. The van der Waals surface area contributed by atoms with Crippen molar-refractivity contribution >= 4 is 21.9 Å². The predicted molar refractivity (Wildman–Crippen MR) is 62.2 cm³/mol. The number of carbonyl (C=O) groups excluding carboxylic acids is 1. The number of hydrogen-bond donors (Lipinski definition) is 0. The molecule has 14 heavy (non-hydrogen) atoms. The maximum absolute atomic E-state index is 11.6. The summed E-state index contributed by atoms with van der Waals surface area (Å²) in [5, 5.41) is 0. The highest BCUT2D eigenvalue weighted by Gasteiger charge is 2.20. The summed E-state index contributed by atoms with van der Waals surface area (Å²) in [6.07, 6.45) is 3.08. The molecule has 0 bridgehead atoms. The third-order valence-corrected chi connectivity index (χ3v) is 1.62. The Morgan fingerprint density at radius 3 is 2.21 bits per heavy atom. The second-order valence-electron chi connectivity index (χ2n) is 3.72. The number of rotatable bonds is 3. The number of halogens is 1. The molecule has 0 fully saturated rings. The van der Waals surface area contributed by atoms with Crippen LogP contribution in [0.15, 0.2) is 35.4 Å². The van der Waals surface area contributed by atoms with E-state index in [4.69, 9.17) is 4.74 Å². The first-order valence-electron chi connectivity index (χ1n) is 4.19. The quantitative estimate of drug-likeness (QED) is 0.441. The van der Waals surface area contributed by atoms with E-state index in [1.807, 2.05) is 20.8 Å². The number of esters is 1. The van der Waals surface area contributed by atoms with Crippen LogP contribution in [0.3, 0.4) is 0 Å². The van der Waals surface area contributed by atoms with Crippen LogP contribution in [-0.4, -0.2) is 11.6 Å². The summed E-state index contributed by atoms with van der Waals surface area (Å²) in [5.41, 5.74) is -0.116. The zero-order valence-electron chi connectivity index (χ0n) is 8.76. The van der Waals surface area contributed by atoms with Crippen molar-refractivity contribution in [2.45, 2.75) is 26.4 Å². The van der Waals surface area contributed by atoms with Crippen molar-refractivity contribution in [2.24, 2.45) is 0 Å². The first kappa shape index (κ1) is 13.2. The van der Waals surface area contributed by atoms with Crippen LogP contribution in [-0.2, 0) is 9.53 Å². The summed E-state index contributed by atoms with van der Waals surface area (Å²) >= 11 is 3.14. The van der Waals surface area contributed by atoms with Crippen molar-refractivity contribution in [3.63, 3.8) is 0 Å². The fourth-order valence-electron chi connectivity index (χ4n) is 0.720. The molecule has 0 aromatic carbocycles. The number of allylic oxidation sites excluding steroid dienone is 2. The minimum absolute atomic E-state index is 0.384. The first-order valence-corrected chi connectivity index (χ1v) is 4.98. The Morgan fingerprint density at radius 1 is 1.43 bits per heavy atom. The highest BCUT2D eigenvalue weighted by Crippen LogP contribution is 2.19. The van der Waals surface area contributed by atoms with Gasteiger partial charge in [0.1, 0.15) is 5.60 Å². The molecular weight excluding hydrogens is 244 g/mol. The molecule has 0 radical (unpaired) electrons. The molecule has 0 aliphatic heterocycles. The van der Waals surface area contributed by atoms with Gasteiger partial charge in [-0.3, -0.25) is 0 Å². The SMILES string of the molecule is C=C/C=C(\C(=C)Br)C(=O)OC(C)(C)C. The van der Waals surface area contributed by atoms with Crippen molar-refractivity contribution in [1.29, 1.82) is 0 Å². The lowest BCUT2D eigenvalue weighted by Gasteiger charge is -2.20. The van der Waals surface area contributed by atoms with Gasteiger partial charge in [-0.15, -0.1) is 0 Å². The largest absolute Gasteiger partial charge is 0.456 e. The molecule has 0 aromatic heterocycles. The minimum atomic E-state index is -0.500. The summed E-state index contributed by atoms with van der Waals surface area (Å²) < 4.78 is 5.66. The fourth-order valence-corrected chi connectivity index (χ4v) is 1.01. The zero-order valence-corrected chi connectivity index (χ0v) is 10.3. The van der Waals surface area contributed by atoms with E-state index in [0.717, 1.165) is 0 Å². The van der Waals surface area contributed by atoms with E-state index in [1.165, 1.54) is 6.08 Å². The van der Waals surface area contributed by atoms with Crippen molar-refractivity contribution in [3.05, 3.63) is 35.4 Å². The Labute approximate surface area is 93.5 Å². The van der Waals surface area contributed by atoms with E-state index in [1.54, 1.807) is 6.08 Å². The zero-order chi connectivity index (χ0) is 11.4. The first-order chi connectivity index (χ1) is 6.28. The van der Waals surface area contributed by atoms with Gasteiger partial charge in [0.15, 0.2) is 0 Å². The topological polar surface area (TPSA) is 26.3 Å². The van der Waals surface area contributed by atoms with Gasteiger partial charge in [0.05, 0.1) is 5.57 Å². The lowest BCUT2D eigenvalue weighted by Crippen LogP contribution is -2.24. The Morgan fingerprint density at radius 2 is 1.93 bits per heavy atom. The van der Waals surface area contributed by atoms with E-state index < -0.39 is 11.6 Å². The molecule has 0 saturated heterocycles. The summed E-state index contributed by atoms with van der Waals surface area (Å²) in [6, 6.07) is 0. The van der Waals surface area contributed by atoms with Crippen LogP contribution in [0.1, 0.15) is 20.8 Å². The summed E-state index contributed by atoms with van der Waals surface area (Å²) in [6.45, 7) is 12.6. The standard InChI is InChI=1S/C11H15BrO2/c1-6-7-9(8(2)12)10(13)14-11(3,4)5/h6-7H,1-2H2,3-5H3/b9-7+. The van der Waals surface area contributed by atoms with Gasteiger partial charge in [-0.05, 0) is 26.8 Å². The van der Waals surface area contributed by atoms with Gasteiger partial charge < -0.3 is 4.74 Å². The summed E-state index contributed by atoms with van der Waals surface area (Å²) in [5.74, 6) is -0.403. The number of ether oxygens (including phenoxy) is 1. The average molecular weight is 259 g/mol. The lowest BCUT2D eigenvalue weighted by molar-refractivity contribution is -0.149. The van der Waals surface area contributed by atoms with E-state index in [2.05, 4.69) is 29.1 Å². The lowest BCUT2D eigenvalue weighted by atomic mass is 10.2. The molecule has 0 aromatic rings. The van der Waals surface area contributed by atoms with Crippen molar-refractivity contribution in [2.75, 3.05) is 0 Å². The third kappa shape index (κ3) is 5.02. The molecule has 0 saturated carbocycles. The molecule has 0 N–H and O–H groups in total. The van der Waals surface area contributed by atoms with E-state index in [9.17, 15) is 4.79 Å². The summed E-state index contributed by atoms with van der Waals surface area (Å²) in [4.78, 5) is 11.6. The van der Waals surface area contributed by atoms with E-state index >= 15 is 0 Å². The highest BCUT2D eigenvalue weighted by atomic mass is 79.9. The Hall–Kier alpha value is -0.830. The van der Waals surface area contributed by atoms with Gasteiger partial charge in [0.25, 0.3) is 0 Å². The number of carbonyl (C=O) groups is 1. The monoisotopic (exact) mass is 258 g/mol. The van der Waals surface area contributed by atoms with Crippen molar-refractivity contribution < 1.29 is 9.53 Å². The molecule has 0 rings (SSSR count). The minimum Gasteiger partial charge on any atom is -0.456 e. The van der Waals surface area contributed by atoms with Gasteiger partial charge in [-0.1, -0.05) is 35.2 Å². The van der Waals surface area contributed by atoms with Crippen LogP contribution in [0.5, 0.6) is 0 Å². The van der Waals surface area contributed by atoms with Crippen molar-refractivity contribution in [1.82, 2.24) is 0 Å². The Balaban J connectivity index is 4.72. The second-order valence-corrected chi connectivity index (χ2v) is 4.68. The molecule has 0 amide bonds. The van der Waals surface area contributed by atoms with Crippen LogP contribution in [0, 0.1) is 0 Å². The molecule has 0 aliphatic carbocycles. The van der Waals surface area contributed by atoms with Gasteiger partial charge in [0, 0.05) is 4.48 Å². The van der Waals surface area contributed by atoms with Gasteiger partial charge in [-0.25, -0.2) is 4.79 Å². The highest BCUT2D eigenvalue weighted by molar-refractivity contribution is 9.12. The van der Waals surface area contributed by atoms with Crippen LogP contribution in [0.25, 0.3) is 0 Å². The fraction of sp³-hybridized carbons (Fsp3) is 0.364. The van der Waals surface area contributed by atoms with Crippen LogP contribution in [0.4, 0.5) is 0 Å². The Kier molecular flexibility index (Phi) is 4.85. The molecule has 0 spiro atoms. The normalized spacial score (nSPS) is 12.1. The average Bonchev–Trinajstić information content (AvgIpc) is 1.95. The smallest absolute Gasteiger partial charge is 0.339 e. The van der Waals surface area contributed by atoms with Crippen LogP contribution >= 0.6 is 15.9 Å². The van der Waals surface area contributed by atoms with E-state index in [0.29, 0.717) is 10.1 Å². The predicted octanol–water partition coefficient (Wildman–Crippen LogP) is 3.35. The molecule has 0 atom stereocenters. The number of hydrogen-bond acceptors (Lipinski definition) is 2. The Bertz CT molecular complexity index is 282. The van der Waals surface area contributed by atoms with E-state index in [-0.39, 0.29) is 0 Å². The van der Waals surface area contributed by atoms with Gasteiger partial charge in [-0.2, -0.15) is 0 Å². The molecule has 0 aliphatic rings.